The van der Waals surface area contributed by atoms with Crippen molar-refractivity contribution in [2.24, 2.45) is 0 Å². The van der Waals surface area contributed by atoms with E-state index in [2.05, 4.69) is 0 Å². The third kappa shape index (κ3) is 5.30. The largest absolute Gasteiger partial charge is 0.326 e. The summed E-state index contributed by atoms with van der Waals surface area (Å²) in [6.07, 6.45) is 0.109. The van der Waals surface area contributed by atoms with Crippen molar-refractivity contribution in [3.63, 3.8) is 0 Å². The van der Waals surface area contributed by atoms with Crippen molar-refractivity contribution in [3.05, 3.63) is 47.0 Å². The number of hydrogen-bond acceptors (Lipinski definition) is 6. The molecule has 0 aromatic heterocycles. The zero-order chi connectivity index (χ0) is 21.7. The second-order valence-electron chi connectivity index (χ2n) is 7.35. The molecule has 0 saturated carbocycles. The van der Waals surface area contributed by atoms with Crippen LogP contribution in [0.1, 0.15) is 53.5 Å². The zero-order valence-corrected chi connectivity index (χ0v) is 18.1. The van der Waals surface area contributed by atoms with Crippen molar-refractivity contribution < 1.29 is 28.8 Å². The SMILES string of the molecule is CCOC(CCN1C(=O)C(C)=C(C)C1=O)(OCC)OOC(C)(C)c1ccccc1. The molecular weight excluding hydrogens is 374 g/mol. The van der Waals surface area contributed by atoms with E-state index in [0.29, 0.717) is 24.4 Å². The van der Waals surface area contributed by atoms with Crippen molar-refractivity contribution in [1.29, 1.82) is 0 Å². The molecule has 0 unspecified atom stereocenters. The predicted molar refractivity (Wildman–Crippen MR) is 107 cm³/mol. The van der Waals surface area contributed by atoms with Gasteiger partial charge in [-0.2, -0.15) is 4.89 Å². The first-order chi connectivity index (χ1) is 13.7. The van der Waals surface area contributed by atoms with E-state index in [1.807, 2.05) is 58.0 Å². The number of ether oxygens (including phenoxy) is 2. The smallest absolute Gasteiger partial charge is 0.313 e. The first-order valence-corrected chi connectivity index (χ1v) is 9.91. The standard InChI is InChI=1S/C22H31NO6/c1-7-26-22(27-8-2,14-15-23-19(24)16(3)17(4)20(23)25)29-28-21(5,6)18-12-10-9-11-13-18/h9-13H,7-8,14-15H2,1-6H3. The van der Waals surface area contributed by atoms with Crippen molar-refractivity contribution in [2.45, 2.75) is 59.5 Å². The van der Waals surface area contributed by atoms with Gasteiger partial charge in [0.1, 0.15) is 5.60 Å². The number of carbonyl (C=O) groups excluding carboxylic acids is 2. The maximum Gasteiger partial charge on any atom is 0.313 e. The Morgan fingerprint density at radius 2 is 1.38 bits per heavy atom. The molecule has 29 heavy (non-hydrogen) atoms. The molecule has 1 aromatic carbocycles. The van der Waals surface area contributed by atoms with Crippen LogP contribution in [0.5, 0.6) is 0 Å². The highest BCUT2D eigenvalue weighted by Crippen LogP contribution is 2.31. The van der Waals surface area contributed by atoms with Crippen LogP contribution in [0.2, 0.25) is 0 Å². The molecule has 7 heteroatoms. The van der Waals surface area contributed by atoms with E-state index in [-0.39, 0.29) is 24.8 Å². The molecule has 0 saturated heterocycles. The van der Waals surface area contributed by atoms with Crippen LogP contribution in [0, 0.1) is 0 Å². The number of hydrogen-bond donors (Lipinski definition) is 0. The predicted octanol–water partition coefficient (Wildman–Crippen LogP) is 3.69. The Balaban J connectivity index is 2.14. The van der Waals surface area contributed by atoms with Gasteiger partial charge in [0.15, 0.2) is 0 Å². The third-order valence-electron chi connectivity index (χ3n) is 4.91. The van der Waals surface area contributed by atoms with Gasteiger partial charge in [-0.3, -0.25) is 14.5 Å². The highest BCUT2D eigenvalue weighted by atomic mass is 17.3. The summed E-state index contributed by atoms with van der Waals surface area (Å²) in [6, 6.07) is 9.63. The molecule has 0 N–H and O–H groups in total. The fourth-order valence-corrected chi connectivity index (χ4v) is 3.04. The van der Waals surface area contributed by atoms with Crippen LogP contribution in [0.25, 0.3) is 0 Å². The lowest BCUT2D eigenvalue weighted by atomic mass is 9.99. The second-order valence-corrected chi connectivity index (χ2v) is 7.35. The van der Waals surface area contributed by atoms with Crippen LogP contribution in [0.15, 0.2) is 41.5 Å². The Kier molecular flexibility index (Phi) is 7.71. The summed E-state index contributed by atoms with van der Waals surface area (Å²) in [5.74, 6) is -2.15. The quantitative estimate of drug-likeness (QED) is 0.242. The van der Waals surface area contributed by atoms with E-state index in [0.717, 1.165) is 5.56 Å². The molecule has 1 heterocycles. The van der Waals surface area contributed by atoms with Gasteiger partial charge in [-0.05, 0) is 47.1 Å². The van der Waals surface area contributed by atoms with Crippen LogP contribution in [0.3, 0.4) is 0 Å². The van der Waals surface area contributed by atoms with E-state index in [1.165, 1.54) is 4.90 Å². The highest BCUT2D eigenvalue weighted by molar-refractivity contribution is 6.18. The molecule has 2 rings (SSSR count). The van der Waals surface area contributed by atoms with Crippen molar-refractivity contribution in [3.8, 4) is 0 Å². The summed E-state index contributed by atoms with van der Waals surface area (Å²) >= 11 is 0. The molecule has 0 fully saturated rings. The van der Waals surface area contributed by atoms with Crippen LogP contribution < -0.4 is 0 Å². The molecule has 0 spiro atoms. The molecule has 0 bridgehead atoms. The van der Waals surface area contributed by atoms with Crippen molar-refractivity contribution >= 4 is 11.8 Å². The zero-order valence-electron chi connectivity index (χ0n) is 18.1. The minimum atomic E-state index is -1.54. The van der Waals surface area contributed by atoms with Crippen LogP contribution in [-0.2, 0) is 34.4 Å². The van der Waals surface area contributed by atoms with Crippen molar-refractivity contribution in [1.82, 2.24) is 4.90 Å². The molecule has 0 atom stereocenters. The number of nitrogens with zero attached hydrogens (tertiary/aromatic N) is 1. The highest BCUT2D eigenvalue weighted by Gasteiger charge is 2.41. The van der Waals surface area contributed by atoms with E-state index in [1.54, 1.807) is 13.8 Å². The lowest BCUT2D eigenvalue weighted by Crippen LogP contribution is -2.45. The minimum absolute atomic E-state index is 0.0848. The average Bonchev–Trinajstić information content (AvgIpc) is 2.89. The topological polar surface area (TPSA) is 74.3 Å². The molecule has 0 radical (unpaired) electrons. The van der Waals surface area contributed by atoms with E-state index < -0.39 is 11.6 Å². The van der Waals surface area contributed by atoms with E-state index in [9.17, 15) is 9.59 Å². The van der Waals surface area contributed by atoms with Gasteiger partial charge < -0.3 is 9.47 Å². The molecule has 160 valence electrons. The summed E-state index contributed by atoms with van der Waals surface area (Å²) in [5, 5.41) is 0. The maximum atomic E-state index is 12.4. The second kappa shape index (κ2) is 9.63. The average molecular weight is 405 g/mol. The first kappa shape index (κ1) is 23.2. The molecule has 1 aliphatic heterocycles. The summed E-state index contributed by atoms with van der Waals surface area (Å²) in [5.41, 5.74) is 1.06. The number of carbonyl (C=O) groups is 2. The van der Waals surface area contributed by atoms with Crippen LogP contribution in [-0.4, -0.2) is 42.4 Å². The first-order valence-electron chi connectivity index (χ1n) is 9.91. The molecule has 1 aliphatic rings. The Labute approximate surface area is 172 Å². The summed E-state index contributed by atoms with van der Waals surface area (Å²) in [4.78, 5) is 37.3. The fraction of sp³-hybridized carbons (Fsp3) is 0.545. The molecule has 0 aliphatic carbocycles. The monoisotopic (exact) mass is 405 g/mol. The Bertz CT molecular complexity index is 726. The van der Waals surface area contributed by atoms with E-state index in [4.69, 9.17) is 19.2 Å². The fourth-order valence-electron chi connectivity index (χ4n) is 3.04. The lowest BCUT2D eigenvalue weighted by Gasteiger charge is -2.35. The van der Waals surface area contributed by atoms with Gasteiger partial charge in [-0.15, -0.1) is 0 Å². The number of amides is 2. The summed E-state index contributed by atoms with van der Waals surface area (Å²) in [6.45, 7) is 11.3. The lowest BCUT2D eigenvalue weighted by molar-refractivity contribution is -0.531. The molecule has 1 aromatic rings. The van der Waals surface area contributed by atoms with Gasteiger partial charge in [0, 0.05) is 30.9 Å². The number of imide groups is 1. The molecule has 7 nitrogen and oxygen atoms in total. The third-order valence-corrected chi connectivity index (χ3v) is 4.91. The summed E-state index contributed by atoms with van der Waals surface area (Å²) in [7, 11) is 0. The molecule has 2 amide bonds. The van der Waals surface area contributed by atoms with Crippen LogP contribution >= 0.6 is 0 Å². The Morgan fingerprint density at radius 1 is 0.862 bits per heavy atom. The van der Waals surface area contributed by atoms with E-state index >= 15 is 0 Å². The van der Waals surface area contributed by atoms with Gasteiger partial charge in [0.2, 0.25) is 0 Å². The van der Waals surface area contributed by atoms with Gasteiger partial charge in [0.25, 0.3) is 11.8 Å². The minimum Gasteiger partial charge on any atom is -0.326 e. The van der Waals surface area contributed by atoms with Gasteiger partial charge in [-0.1, -0.05) is 30.3 Å². The molecular formula is C22H31NO6. The normalized spacial score (nSPS) is 15.6. The van der Waals surface area contributed by atoms with Gasteiger partial charge in [-0.25, -0.2) is 4.89 Å². The van der Waals surface area contributed by atoms with Crippen LogP contribution in [0.4, 0.5) is 0 Å². The number of benzene rings is 1. The van der Waals surface area contributed by atoms with Gasteiger partial charge in [0.05, 0.1) is 6.42 Å². The Hall–Kier alpha value is -2.06. The summed E-state index contributed by atoms with van der Waals surface area (Å²) < 4.78 is 11.5. The maximum absolute atomic E-state index is 12.4. The Morgan fingerprint density at radius 3 is 1.86 bits per heavy atom. The van der Waals surface area contributed by atoms with Crippen molar-refractivity contribution in [2.75, 3.05) is 19.8 Å². The van der Waals surface area contributed by atoms with Gasteiger partial charge >= 0.3 is 5.97 Å². The number of rotatable bonds is 11.